The quantitative estimate of drug-likeness (QED) is 0.218. The standard InChI is InChI=1S/C26H35F3O6/c1-6-25(2,3)21-7-9-23(10-8-21)34-11-12-35-24-19(15-32-17-30-4)13-22(26(27,28)29)14-20(24)16-33-18-31-5/h7-10,13-14H,6,11-12,15-18H2,1-5H3. The van der Waals surface area contributed by atoms with Crippen molar-refractivity contribution in [2.75, 3.05) is 41.0 Å². The predicted molar refractivity (Wildman–Crippen MR) is 126 cm³/mol. The number of ether oxygens (including phenoxy) is 6. The molecule has 0 unspecified atom stereocenters. The maximum Gasteiger partial charge on any atom is 0.416 e. The summed E-state index contributed by atoms with van der Waals surface area (Å²) >= 11 is 0. The first-order chi connectivity index (χ1) is 16.6. The summed E-state index contributed by atoms with van der Waals surface area (Å²) in [6.45, 7) is 6.44. The van der Waals surface area contributed by atoms with E-state index >= 15 is 0 Å². The molecule has 0 saturated carbocycles. The minimum atomic E-state index is -4.54. The van der Waals surface area contributed by atoms with Gasteiger partial charge >= 0.3 is 6.18 Å². The molecule has 0 heterocycles. The molecule has 0 radical (unpaired) electrons. The van der Waals surface area contributed by atoms with Crippen LogP contribution in [0.1, 0.15) is 49.4 Å². The average molecular weight is 501 g/mol. The summed E-state index contributed by atoms with van der Waals surface area (Å²) in [5.41, 5.74) is 0.948. The van der Waals surface area contributed by atoms with Gasteiger partial charge in [0.05, 0.1) is 18.8 Å². The van der Waals surface area contributed by atoms with Crippen molar-refractivity contribution in [2.45, 2.75) is 52.0 Å². The van der Waals surface area contributed by atoms with E-state index in [2.05, 4.69) is 20.8 Å². The van der Waals surface area contributed by atoms with Gasteiger partial charge in [0.25, 0.3) is 0 Å². The molecule has 0 N–H and O–H groups in total. The van der Waals surface area contributed by atoms with Crippen molar-refractivity contribution in [3.63, 3.8) is 0 Å². The molecule has 0 aromatic heterocycles. The minimum absolute atomic E-state index is 0.0703. The van der Waals surface area contributed by atoms with Crippen molar-refractivity contribution in [3.8, 4) is 11.5 Å². The third-order valence-electron chi connectivity index (χ3n) is 5.61. The molecule has 0 saturated heterocycles. The maximum atomic E-state index is 13.5. The molecule has 0 aliphatic rings. The normalized spacial score (nSPS) is 12.1. The van der Waals surface area contributed by atoms with Crippen LogP contribution in [0.15, 0.2) is 36.4 Å². The number of methoxy groups -OCH3 is 2. The molecule has 0 atom stereocenters. The van der Waals surface area contributed by atoms with E-state index in [4.69, 9.17) is 28.4 Å². The van der Waals surface area contributed by atoms with Crippen LogP contribution in [0.25, 0.3) is 0 Å². The first kappa shape index (κ1) is 28.9. The van der Waals surface area contributed by atoms with E-state index in [-0.39, 0.29) is 62.3 Å². The van der Waals surface area contributed by atoms with Gasteiger partial charge in [0.2, 0.25) is 0 Å². The molecule has 35 heavy (non-hydrogen) atoms. The molecule has 2 rings (SSSR count). The zero-order chi connectivity index (χ0) is 25.9. The van der Waals surface area contributed by atoms with E-state index in [1.165, 1.54) is 19.8 Å². The van der Waals surface area contributed by atoms with E-state index in [0.717, 1.165) is 18.6 Å². The highest BCUT2D eigenvalue weighted by molar-refractivity contribution is 5.45. The summed E-state index contributed by atoms with van der Waals surface area (Å²) in [4.78, 5) is 0. The molecule has 0 fully saturated rings. The van der Waals surface area contributed by atoms with Gasteiger partial charge < -0.3 is 28.4 Å². The van der Waals surface area contributed by atoms with Gasteiger partial charge in [-0.3, -0.25) is 0 Å². The Morgan fingerprint density at radius 1 is 0.743 bits per heavy atom. The Balaban J connectivity index is 2.15. The van der Waals surface area contributed by atoms with Gasteiger partial charge in [0.1, 0.15) is 38.3 Å². The zero-order valence-corrected chi connectivity index (χ0v) is 21.0. The SMILES string of the molecule is CCC(C)(C)c1ccc(OCCOc2c(COCOC)cc(C(F)(F)F)cc2COCOC)cc1. The van der Waals surface area contributed by atoms with Gasteiger partial charge in [-0.1, -0.05) is 32.9 Å². The molecule has 9 heteroatoms. The number of rotatable bonds is 15. The molecular formula is C26H35F3O6. The Morgan fingerprint density at radius 3 is 1.71 bits per heavy atom. The molecule has 2 aromatic rings. The molecule has 196 valence electrons. The molecule has 6 nitrogen and oxygen atoms in total. The van der Waals surface area contributed by atoms with Crippen LogP contribution >= 0.6 is 0 Å². The highest BCUT2D eigenvalue weighted by atomic mass is 19.4. The third-order valence-corrected chi connectivity index (χ3v) is 5.61. The minimum Gasteiger partial charge on any atom is -0.490 e. The van der Waals surface area contributed by atoms with E-state index < -0.39 is 11.7 Å². The number of halogens is 3. The third kappa shape index (κ3) is 9.00. The largest absolute Gasteiger partial charge is 0.490 e. The maximum absolute atomic E-state index is 13.5. The molecule has 0 amide bonds. The summed E-state index contributed by atoms with van der Waals surface area (Å²) in [5, 5.41) is 0. The molecular weight excluding hydrogens is 465 g/mol. The summed E-state index contributed by atoms with van der Waals surface area (Å²) in [6.07, 6.45) is -3.52. The second kappa shape index (κ2) is 13.7. The number of benzene rings is 2. The van der Waals surface area contributed by atoms with E-state index in [9.17, 15) is 13.2 Å². The lowest BCUT2D eigenvalue weighted by Gasteiger charge is -2.23. The first-order valence-electron chi connectivity index (χ1n) is 11.3. The Bertz CT molecular complexity index is 866. The van der Waals surface area contributed by atoms with Gasteiger partial charge in [0.15, 0.2) is 0 Å². The number of alkyl halides is 3. The van der Waals surface area contributed by atoms with Crippen molar-refractivity contribution >= 4 is 0 Å². The Kier molecular flexibility index (Phi) is 11.3. The van der Waals surface area contributed by atoms with Crippen molar-refractivity contribution in [1.82, 2.24) is 0 Å². The smallest absolute Gasteiger partial charge is 0.416 e. The summed E-state index contributed by atoms with van der Waals surface area (Å²) in [5.74, 6) is 0.942. The zero-order valence-electron chi connectivity index (χ0n) is 21.0. The van der Waals surface area contributed by atoms with Gasteiger partial charge in [-0.2, -0.15) is 13.2 Å². The van der Waals surface area contributed by atoms with Crippen molar-refractivity contribution in [2.24, 2.45) is 0 Å². The van der Waals surface area contributed by atoms with Gasteiger partial charge in [-0.15, -0.1) is 0 Å². The van der Waals surface area contributed by atoms with Crippen LogP contribution in [0.3, 0.4) is 0 Å². The van der Waals surface area contributed by atoms with Crippen LogP contribution in [-0.4, -0.2) is 41.0 Å². The molecule has 0 spiro atoms. The summed E-state index contributed by atoms with van der Waals surface area (Å²) in [6, 6.07) is 9.90. The number of hydrogen-bond donors (Lipinski definition) is 0. The summed E-state index contributed by atoms with van der Waals surface area (Å²) in [7, 11) is 2.86. The second-order valence-corrected chi connectivity index (χ2v) is 8.59. The van der Waals surface area contributed by atoms with Gasteiger partial charge in [0, 0.05) is 25.3 Å². The van der Waals surface area contributed by atoms with E-state index in [1.54, 1.807) is 0 Å². The average Bonchev–Trinajstić information content (AvgIpc) is 2.82. The van der Waals surface area contributed by atoms with Crippen LogP contribution < -0.4 is 9.47 Å². The Morgan fingerprint density at radius 2 is 1.26 bits per heavy atom. The van der Waals surface area contributed by atoms with Gasteiger partial charge in [-0.25, -0.2) is 0 Å². The topological polar surface area (TPSA) is 55.4 Å². The molecule has 0 aliphatic carbocycles. The summed E-state index contributed by atoms with van der Waals surface area (Å²) < 4.78 is 72.4. The van der Waals surface area contributed by atoms with Crippen LogP contribution in [0.2, 0.25) is 0 Å². The van der Waals surface area contributed by atoms with Gasteiger partial charge in [-0.05, 0) is 41.7 Å². The molecule has 2 aromatic carbocycles. The van der Waals surface area contributed by atoms with Crippen LogP contribution in [-0.2, 0) is 43.8 Å². The van der Waals surface area contributed by atoms with Crippen LogP contribution in [0, 0.1) is 0 Å². The lowest BCUT2D eigenvalue weighted by atomic mass is 9.82. The van der Waals surface area contributed by atoms with Crippen molar-refractivity contribution in [3.05, 3.63) is 58.7 Å². The highest BCUT2D eigenvalue weighted by Crippen LogP contribution is 2.36. The lowest BCUT2D eigenvalue weighted by molar-refractivity contribution is -0.137. The highest BCUT2D eigenvalue weighted by Gasteiger charge is 2.32. The monoisotopic (exact) mass is 500 g/mol. The van der Waals surface area contributed by atoms with Crippen LogP contribution in [0.5, 0.6) is 11.5 Å². The van der Waals surface area contributed by atoms with E-state index in [0.29, 0.717) is 5.75 Å². The fourth-order valence-corrected chi connectivity index (χ4v) is 3.30. The second-order valence-electron chi connectivity index (χ2n) is 8.59. The van der Waals surface area contributed by atoms with Crippen molar-refractivity contribution < 1.29 is 41.6 Å². The van der Waals surface area contributed by atoms with E-state index in [1.807, 2.05) is 24.3 Å². The van der Waals surface area contributed by atoms with Crippen molar-refractivity contribution in [1.29, 1.82) is 0 Å². The fraction of sp³-hybridized carbons (Fsp3) is 0.538. The molecule has 0 bridgehead atoms. The van der Waals surface area contributed by atoms with Crippen LogP contribution in [0.4, 0.5) is 13.2 Å². The lowest BCUT2D eigenvalue weighted by Crippen LogP contribution is -2.16. The molecule has 0 aliphatic heterocycles. The first-order valence-corrected chi connectivity index (χ1v) is 11.3. The predicted octanol–water partition coefficient (Wildman–Crippen LogP) is 6.09. The number of hydrogen-bond acceptors (Lipinski definition) is 6. The Labute approximate surface area is 205 Å². The fourth-order valence-electron chi connectivity index (χ4n) is 3.30. The Hall–Kier alpha value is -2.33.